The predicted molar refractivity (Wildman–Crippen MR) is 97.5 cm³/mol. The van der Waals surface area contributed by atoms with Crippen LogP contribution in [0.25, 0.3) is 11.0 Å². The molecule has 27 heavy (non-hydrogen) atoms. The molecule has 2 heterocycles. The highest BCUT2D eigenvalue weighted by Crippen LogP contribution is 2.30. The molecule has 0 saturated heterocycles. The van der Waals surface area contributed by atoms with Gasteiger partial charge < -0.3 is 14.0 Å². The van der Waals surface area contributed by atoms with Gasteiger partial charge in [-0.1, -0.05) is 12.1 Å². The molecule has 0 bridgehead atoms. The van der Waals surface area contributed by atoms with Crippen LogP contribution in [0.1, 0.15) is 16.2 Å². The first-order valence-corrected chi connectivity index (χ1v) is 8.51. The molecule has 8 heteroatoms. The molecule has 4 rings (SSSR count). The van der Waals surface area contributed by atoms with Crippen molar-refractivity contribution in [2.75, 3.05) is 13.2 Å². The van der Waals surface area contributed by atoms with Crippen LogP contribution in [0.4, 0.5) is 0 Å². The summed E-state index contributed by atoms with van der Waals surface area (Å²) in [5.74, 6) is 0.926. The van der Waals surface area contributed by atoms with E-state index in [9.17, 15) is 9.59 Å². The number of rotatable bonds is 3. The summed E-state index contributed by atoms with van der Waals surface area (Å²) >= 11 is 0. The van der Waals surface area contributed by atoms with Crippen LogP contribution >= 0.6 is 0 Å². The van der Waals surface area contributed by atoms with Crippen LogP contribution in [0.3, 0.4) is 0 Å². The van der Waals surface area contributed by atoms with Gasteiger partial charge in [0, 0.05) is 12.6 Å². The molecule has 0 fully saturated rings. The van der Waals surface area contributed by atoms with Crippen molar-refractivity contribution in [1.29, 1.82) is 0 Å². The Kier molecular flexibility index (Phi) is 4.37. The molecule has 0 aliphatic carbocycles. The number of nitrogens with zero attached hydrogens (tertiary/aromatic N) is 2. The van der Waals surface area contributed by atoms with Gasteiger partial charge in [0.1, 0.15) is 19.0 Å². The minimum Gasteiger partial charge on any atom is -0.486 e. The molecule has 138 valence electrons. The molecular weight excluding hydrogens is 348 g/mol. The number of para-hydroxylation sites is 2. The summed E-state index contributed by atoms with van der Waals surface area (Å²) in [7, 11) is 1.85. The molecule has 2 aromatic carbocycles. The van der Waals surface area contributed by atoms with E-state index in [0.29, 0.717) is 36.1 Å². The van der Waals surface area contributed by atoms with Crippen LogP contribution < -0.4 is 20.3 Å². The van der Waals surface area contributed by atoms with Gasteiger partial charge in [-0.05, 0) is 30.3 Å². The average Bonchev–Trinajstić information content (AvgIpc) is 3.01. The largest absolute Gasteiger partial charge is 0.486 e. The van der Waals surface area contributed by atoms with Crippen LogP contribution in [0, 0.1) is 0 Å². The van der Waals surface area contributed by atoms with Crippen molar-refractivity contribution in [2.24, 2.45) is 7.05 Å². The van der Waals surface area contributed by atoms with Gasteiger partial charge in [-0.15, -0.1) is 0 Å². The van der Waals surface area contributed by atoms with Gasteiger partial charge in [0.15, 0.2) is 11.5 Å². The molecule has 2 amide bonds. The van der Waals surface area contributed by atoms with Gasteiger partial charge in [0.25, 0.3) is 5.91 Å². The minimum atomic E-state index is -0.440. The van der Waals surface area contributed by atoms with E-state index >= 15 is 0 Å². The molecule has 0 radical (unpaired) electrons. The number of hydrogen-bond acceptors (Lipinski definition) is 5. The summed E-state index contributed by atoms with van der Waals surface area (Å²) in [5, 5.41) is 0. The first-order chi connectivity index (χ1) is 13.1. The predicted octanol–water partition coefficient (Wildman–Crippen LogP) is 1.35. The normalized spacial score (nSPS) is 12.6. The fraction of sp³-hybridized carbons (Fsp3) is 0.211. The van der Waals surface area contributed by atoms with Crippen LogP contribution in [0.2, 0.25) is 0 Å². The number of carbonyl (C=O) groups excluding carboxylic acids is 2. The molecule has 0 saturated carbocycles. The third kappa shape index (κ3) is 3.41. The molecule has 2 N–H and O–H groups in total. The van der Waals surface area contributed by atoms with E-state index < -0.39 is 5.91 Å². The van der Waals surface area contributed by atoms with Gasteiger partial charge in [-0.25, -0.2) is 4.98 Å². The SMILES string of the molecule is Cn1c(CC(=O)NNC(=O)c2ccc3c(c2)OCCO3)nc2ccccc21. The van der Waals surface area contributed by atoms with Crippen LogP contribution in [0.15, 0.2) is 42.5 Å². The lowest BCUT2D eigenvalue weighted by atomic mass is 10.2. The summed E-state index contributed by atoms with van der Waals surface area (Å²) in [6.07, 6.45) is 0.0482. The maximum absolute atomic E-state index is 12.3. The Balaban J connectivity index is 1.38. The Labute approximate surface area is 155 Å². The highest BCUT2D eigenvalue weighted by Gasteiger charge is 2.16. The number of imidazole rings is 1. The van der Waals surface area contributed by atoms with Crippen LogP contribution in [-0.2, 0) is 18.3 Å². The minimum absolute atomic E-state index is 0.0482. The highest BCUT2D eigenvalue weighted by atomic mass is 16.6. The second-order valence-corrected chi connectivity index (χ2v) is 6.11. The van der Waals surface area contributed by atoms with Gasteiger partial charge in [0.05, 0.1) is 17.5 Å². The topological polar surface area (TPSA) is 94.5 Å². The number of hydrazine groups is 1. The molecule has 1 aliphatic heterocycles. The second-order valence-electron chi connectivity index (χ2n) is 6.11. The monoisotopic (exact) mass is 366 g/mol. The molecular formula is C19H18N4O4. The van der Waals surface area contributed by atoms with Gasteiger partial charge in [-0.3, -0.25) is 20.4 Å². The standard InChI is InChI=1S/C19H18N4O4/c1-23-14-5-3-2-4-13(14)20-17(23)11-18(24)21-22-19(25)12-6-7-15-16(10-12)27-9-8-26-15/h2-7,10H,8-9,11H2,1H3,(H,21,24)(H,22,25). The van der Waals surface area contributed by atoms with E-state index in [-0.39, 0.29) is 12.3 Å². The quantitative estimate of drug-likeness (QED) is 0.683. The molecule has 0 unspecified atom stereocenters. The van der Waals surface area contributed by atoms with Crippen molar-refractivity contribution in [1.82, 2.24) is 20.4 Å². The smallest absolute Gasteiger partial charge is 0.269 e. The van der Waals surface area contributed by atoms with Crippen molar-refractivity contribution >= 4 is 22.8 Å². The number of fused-ring (bicyclic) bond motifs is 2. The molecule has 0 spiro atoms. The average molecular weight is 366 g/mol. The summed E-state index contributed by atoms with van der Waals surface area (Å²) in [6, 6.07) is 12.5. The highest BCUT2D eigenvalue weighted by molar-refractivity contribution is 5.96. The number of carbonyl (C=O) groups is 2. The molecule has 3 aromatic rings. The van der Waals surface area contributed by atoms with E-state index in [0.717, 1.165) is 11.0 Å². The summed E-state index contributed by atoms with van der Waals surface area (Å²) in [6.45, 7) is 0.920. The number of hydrogen-bond donors (Lipinski definition) is 2. The number of amides is 2. The van der Waals surface area contributed by atoms with E-state index in [1.807, 2.05) is 35.9 Å². The lowest BCUT2D eigenvalue weighted by Crippen LogP contribution is -2.42. The summed E-state index contributed by atoms with van der Waals surface area (Å²) < 4.78 is 12.7. The van der Waals surface area contributed by atoms with Crippen LogP contribution in [-0.4, -0.2) is 34.6 Å². The van der Waals surface area contributed by atoms with E-state index in [4.69, 9.17) is 9.47 Å². The zero-order chi connectivity index (χ0) is 18.8. The summed E-state index contributed by atoms with van der Waals surface area (Å²) in [4.78, 5) is 28.9. The number of aromatic nitrogens is 2. The van der Waals surface area contributed by atoms with Gasteiger partial charge >= 0.3 is 0 Å². The molecule has 1 aromatic heterocycles. The molecule has 8 nitrogen and oxygen atoms in total. The lowest BCUT2D eigenvalue weighted by Gasteiger charge is -2.18. The van der Waals surface area contributed by atoms with Gasteiger partial charge in [0.2, 0.25) is 5.91 Å². The van der Waals surface area contributed by atoms with Crippen molar-refractivity contribution < 1.29 is 19.1 Å². The lowest BCUT2D eigenvalue weighted by molar-refractivity contribution is -0.121. The maximum Gasteiger partial charge on any atom is 0.269 e. The zero-order valence-electron chi connectivity index (χ0n) is 14.7. The van der Waals surface area contributed by atoms with E-state index in [1.54, 1.807) is 18.2 Å². The van der Waals surface area contributed by atoms with Crippen molar-refractivity contribution in [3.05, 3.63) is 53.9 Å². The van der Waals surface area contributed by atoms with Crippen molar-refractivity contribution in [2.45, 2.75) is 6.42 Å². The number of nitrogens with one attached hydrogen (secondary N) is 2. The van der Waals surface area contributed by atoms with Crippen molar-refractivity contribution in [3.63, 3.8) is 0 Å². The Morgan fingerprint density at radius 1 is 1.07 bits per heavy atom. The number of ether oxygens (including phenoxy) is 2. The number of benzene rings is 2. The second kappa shape index (κ2) is 6.99. The van der Waals surface area contributed by atoms with Crippen molar-refractivity contribution in [3.8, 4) is 11.5 Å². The van der Waals surface area contributed by atoms with E-state index in [1.165, 1.54) is 0 Å². The first-order valence-electron chi connectivity index (χ1n) is 8.51. The summed E-state index contributed by atoms with van der Waals surface area (Å²) in [5.41, 5.74) is 6.95. The maximum atomic E-state index is 12.3. The van der Waals surface area contributed by atoms with Gasteiger partial charge in [-0.2, -0.15) is 0 Å². The van der Waals surface area contributed by atoms with E-state index in [2.05, 4.69) is 15.8 Å². The Morgan fingerprint density at radius 2 is 1.85 bits per heavy atom. The third-order valence-electron chi connectivity index (χ3n) is 4.32. The fourth-order valence-corrected chi connectivity index (χ4v) is 2.92. The third-order valence-corrected chi connectivity index (χ3v) is 4.32. The number of aryl methyl sites for hydroxylation is 1. The molecule has 1 aliphatic rings. The Morgan fingerprint density at radius 3 is 2.67 bits per heavy atom. The Bertz CT molecular complexity index is 1030. The first kappa shape index (κ1) is 16.9. The Hall–Kier alpha value is -3.55. The van der Waals surface area contributed by atoms with Crippen LogP contribution in [0.5, 0.6) is 11.5 Å². The fourth-order valence-electron chi connectivity index (χ4n) is 2.92. The molecule has 0 atom stereocenters. The zero-order valence-corrected chi connectivity index (χ0v) is 14.7.